The van der Waals surface area contributed by atoms with Crippen molar-refractivity contribution in [2.75, 3.05) is 13.2 Å². The third kappa shape index (κ3) is 47.6. The van der Waals surface area contributed by atoms with E-state index in [0.717, 1.165) is 83.5 Å². The highest BCUT2D eigenvalue weighted by Crippen LogP contribution is 2.10. The van der Waals surface area contributed by atoms with Crippen LogP contribution in [-0.2, 0) is 28.6 Å². The maximum absolute atomic E-state index is 12.8. The maximum atomic E-state index is 12.8. The molecule has 0 bridgehead atoms. The molecule has 0 saturated carbocycles. The third-order valence-electron chi connectivity index (χ3n) is 8.93. The van der Waals surface area contributed by atoms with E-state index < -0.39 is 6.10 Å². The highest BCUT2D eigenvalue weighted by Gasteiger charge is 2.19. The Labute approximate surface area is 389 Å². The molecule has 0 aromatic rings. The molecule has 6 heteroatoms. The van der Waals surface area contributed by atoms with Crippen molar-refractivity contribution >= 4 is 17.9 Å². The Morgan fingerprint density at radius 1 is 0.328 bits per heavy atom. The fourth-order valence-corrected chi connectivity index (χ4v) is 5.43. The SMILES string of the molecule is CC/C=C/C=C/C=C/C=C/C=C/C=C/CCCCCC(=O)OCC(COC(=O)CCC/C=C/C=C/C=C/C=C/C=C/CC)OC(=O)CCCCC/C=C/C/C=C/C/C=C/C/C=C/CC. The molecular weight excluding hydrogens is 793 g/mol. The fraction of sp³-hybridized carbons (Fsp3) is 0.431. The molecule has 64 heavy (non-hydrogen) atoms. The van der Waals surface area contributed by atoms with Gasteiger partial charge in [0.15, 0.2) is 6.10 Å². The van der Waals surface area contributed by atoms with E-state index in [-0.39, 0.29) is 50.4 Å². The van der Waals surface area contributed by atoms with E-state index in [9.17, 15) is 14.4 Å². The largest absolute Gasteiger partial charge is 0.462 e. The van der Waals surface area contributed by atoms with E-state index in [0.29, 0.717) is 19.3 Å². The summed E-state index contributed by atoms with van der Waals surface area (Å²) < 4.78 is 16.6. The van der Waals surface area contributed by atoms with Crippen molar-refractivity contribution in [2.24, 2.45) is 0 Å². The first-order chi connectivity index (χ1) is 31.5. The third-order valence-corrected chi connectivity index (χ3v) is 8.93. The van der Waals surface area contributed by atoms with Crippen LogP contribution < -0.4 is 0 Å². The highest BCUT2D eigenvalue weighted by atomic mass is 16.6. The van der Waals surface area contributed by atoms with Gasteiger partial charge in [-0.2, -0.15) is 0 Å². The smallest absolute Gasteiger partial charge is 0.306 e. The first kappa shape index (κ1) is 58.5. The molecule has 0 aliphatic heterocycles. The summed E-state index contributed by atoms with van der Waals surface area (Å²) >= 11 is 0. The number of hydrogen-bond acceptors (Lipinski definition) is 6. The van der Waals surface area contributed by atoms with E-state index in [1.165, 1.54) is 0 Å². The molecule has 0 aromatic heterocycles. The van der Waals surface area contributed by atoms with Crippen LogP contribution in [0.25, 0.3) is 0 Å². The highest BCUT2D eigenvalue weighted by molar-refractivity contribution is 5.71. The van der Waals surface area contributed by atoms with Gasteiger partial charge in [-0.05, 0) is 89.9 Å². The Hall–Kier alpha value is -5.49. The predicted octanol–water partition coefficient (Wildman–Crippen LogP) is 15.8. The maximum Gasteiger partial charge on any atom is 0.306 e. The van der Waals surface area contributed by atoms with E-state index in [2.05, 4.69) is 87.6 Å². The Morgan fingerprint density at radius 2 is 0.656 bits per heavy atom. The van der Waals surface area contributed by atoms with Crippen LogP contribution in [-0.4, -0.2) is 37.2 Å². The zero-order valence-electron chi connectivity index (χ0n) is 39.7. The lowest BCUT2D eigenvalue weighted by Crippen LogP contribution is -2.30. The summed E-state index contributed by atoms with van der Waals surface area (Å²) in [5.41, 5.74) is 0. The molecule has 0 aliphatic rings. The number of carbonyl (C=O) groups excluding carboxylic acids is 3. The molecule has 0 aliphatic carbocycles. The van der Waals surface area contributed by atoms with Gasteiger partial charge in [-0.3, -0.25) is 14.4 Å². The number of esters is 3. The van der Waals surface area contributed by atoms with E-state index in [1.807, 2.05) is 115 Å². The summed E-state index contributed by atoms with van der Waals surface area (Å²) in [6, 6.07) is 0. The van der Waals surface area contributed by atoms with Crippen molar-refractivity contribution in [2.45, 2.75) is 149 Å². The minimum Gasteiger partial charge on any atom is -0.462 e. The van der Waals surface area contributed by atoms with Gasteiger partial charge in [0.05, 0.1) is 0 Å². The summed E-state index contributed by atoms with van der Waals surface area (Å²) in [4.78, 5) is 37.9. The van der Waals surface area contributed by atoms with Crippen LogP contribution in [0.1, 0.15) is 143 Å². The van der Waals surface area contributed by atoms with Crippen LogP contribution >= 0.6 is 0 Å². The van der Waals surface area contributed by atoms with Gasteiger partial charge < -0.3 is 14.2 Å². The molecule has 1 atom stereocenters. The molecule has 0 fully saturated rings. The first-order valence-electron chi connectivity index (χ1n) is 23.9. The monoisotopic (exact) mass is 875 g/mol. The van der Waals surface area contributed by atoms with Crippen molar-refractivity contribution in [3.05, 3.63) is 182 Å². The number of unbranched alkanes of at least 4 members (excludes halogenated alkanes) is 7. The van der Waals surface area contributed by atoms with Gasteiger partial charge in [0.1, 0.15) is 13.2 Å². The number of hydrogen-bond donors (Lipinski definition) is 0. The Balaban J connectivity index is 4.70. The van der Waals surface area contributed by atoms with Gasteiger partial charge in [-0.1, -0.05) is 216 Å². The molecule has 0 aromatic carbocycles. The Bertz CT molecular complexity index is 1610. The topological polar surface area (TPSA) is 78.9 Å². The van der Waals surface area contributed by atoms with E-state index in [1.54, 1.807) is 0 Å². The lowest BCUT2D eigenvalue weighted by Gasteiger charge is -2.18. The standard InChI is InChI=1S/C58H82O6/c1-4-7-10-13-16-19-22-25-27-29-31-33-36-39-42-45-48-51-57(60)63-54-55(53-62-56(59)50-47-44-41-38-35-32-24-21-18-15-12-9-6-3)64-58(61)52-49-46-43-40-37-34-30-28-26-23-20-17-14-11-8-5-2/h7-13,15-22,24-29,31-38,41,55H,4-6,14,23,30,39-40,42-54H2,1-3H3/b10-7+,11-8+,12-9+,16-13+,18-15+,20-17+,22-19+,24-21+,27-25+,28-26+,31-29+,35-32+,36-33+,37-34+,41-38+. The van der Waals surface area contributed by atoms with Crippen LogP contribution in [0.15, 0.2) is 182 Å². The summed E-state index contributed by atoms with van der Waals surface area (Å²) in [7, 11) is 0. The fourth-order valence-electron chi connectivity index (χ4n) is 5.43. The summed E-state index contributed by atoms with van der Waals surface area (Å²) in [5, 5.41) is 0. The molecule has 0 heterocycles. The van der Waals surface area contributed by atoms with Gasteiger partial charge in [0, 0.05) is 19.3 Å². The van der Waals surface area contributed by atoms with Crippen molar-refractivity contribution in [3.63, 3.8) is 0 Å². The number of rotatable bonds is 39. The molecule has 0 saturated heterocycles. The molecule has 0 amide bonds. The quantitative estimate of drug-likeness (QED) is 0.0201. The van der Waals surface area contributed by atoms with Crippen LogP contribution in [0.4, 0.5) is 0 Å². The van der Waals surface area contributed by atoms with Crippen molar-refractivity contribution in [1.29, 1.82) is 0 Å². The summed E-state index contributed by atoms with van der Waals surface area (Å²) in [6.45, 7) is 6.05. The van der Waals surface area contributed by atoms with Gasteiger partial charge in [-0.15, -0.1) is 0 Å². The van der Waals surface area contributed by atoms with Crippen molar-refractivity contribution in [3.8, 4) is 0 Å². The van der Waals surface area contributed by atoms with Gasteiger partial charge >= 0.3 is 17.9 Å². The number of ether oxygens (including phenoxy) is 3. The van der Waals surface area contributed by atoms with Crippen LogP contribution in [0.5, 0.6) is 0 Å². The first-order valence-corrected chi connectivity index (χ1v) is 23.9. The minimum atomic E-state index is -0.853. The van der Waals surface area contributed by atoms with Crippen LogP contribution in [0.3, 0.4) is 0 Å². The number of carbonyl (C=O) groups is 3. The second kappa shape index (κ2) is 50.2. The average Bonchev–Trinajstić information content (AvgIpc) is 3.29. The minimum absolute atomic E-state index is 0.148. The normalized spacial score (nSPS) is 13.7. The lowest BCUT2D eigenvalue weighted by molar-refractivity contribution is -0.167. The van der Waals surface area contributed by atoms with E-state index in [4.69, 9.17) is 14.2 Å². The summed E-state index contributed by atoms with van der Waals surface area (Å²) in [5.74, 6) is -1.12. The Morgan fingerprint density at radius 3 is 1.09 bits per heavy atom. The zero-order chi connectivity index (χ0) is 46.5. The predicted molar refractivity (Wildman–Crippen MR) is 274 cm³/mol. The van der Waals surface area contributed by atoms with Gasteiger partial charge in [0.2, 0.25) is 0 Å². The lowest BCUT2D eigenvalue weighted by atomic mass is 10.1. The zero-order valence-corrected chi connectivity index (χ0v) is 39.7. The van der Waals surface area contributed by atoms with Gasteiger partial charge in [0.25, 0.3) is 0 Å². The van der Waals surface area contributed by atoms with Crippen molar-refractivity contribution < 1.29 is 28.6 Å². The van der Waals surface area contributed by atoms with Crippen molar-refractivity contribution in [1.82, 2.24) is 0 Å². The summed E-state index contributed by atoms with van der Waals surface area (Å²) in [6.07, 6.45) is 75.9. The van der Waals surface area contributed by atoms with Crippen LogP contribution in [0.2, 0.25) is 0 Å². The molecule has 350 valence electrons. The van der Waals surface area contributed by atoms with Gasteiger partial charge in [-0.25, -0.2) is 0 Å². The number of allylic oxidation sites excluding steroid dienone is 30. The average molecular weight is 875 g/mol. The second-order valence-electron chi connectivity index (χ2n) is 14.8. The molecule has 6 nitrogen and oxygen atoms in total. The molecule has 1 unspecified atom stereocenters. The second-order valence-corrected chi connectivity index (χ2v) is 14.8. The molecular formula is C58H82O6. The molecule has 0 spiro atoms. The molecule has 0 N–H and O–H groups in total. The molecule has 0 rings (SSSR count). The molecule has 0 radical (unpaired) electrons. The van der Waals surface area contributed by atoms with Crippen LogP contribution in [0, 0.1) is 0 Å². The van der Waals surface area contributed by atoms with E-state index >= 15 is 0 Å². The Kier molecular flexibility index (Phi) is 45.9.